The Hall–Kier alpha value is -2.90. The van der Waals surface area contributed by atoms with Crippen molar-refractivity contribution in [3.63, 3.8) is 0 Å². The molecule has 8 heteroatoms. The van der Waals surface area contributed by atoms with Crippen molar-refractivity contribution in [3.8, 4) is 17.1 Å². The molecule has 1 fully saturated rings. The number of aromatic nitrogens is 2. The van der Waals surface area contributed by atoms with Crippen LogP contribution in [0.15, 0.2) is 28.8 Å². The molecule has 1 aliphatic carbocycles. The van der Waals surface area contributed by atoms with Crippen LogP contribution in [0.1, 0.15) is 38.0 Å². The number of hydrogen-bond acceptors (Lipinski definition) is 6. The third-order valence-electron chi connectivity index (χ3n) is 4.20. The van der Waals surface area contributed by atoms with Crippen molar-refractivity contribution in [1.82, 2.24) is 20.8 Å². The Kier molecular flexibility index (Phi) is 5.83. The standard InChI is InChI=1S/C18H22N4O4/c1-12-19-17(22-26-12)13-7-9-15(10-8-13)25-11-16(23)21-18(24)20-14-5-3-2-4-6-14/h7-10,14H,2-6,11H2,1H3,(H2,20,21,23,24). The number of ether oxygens (including phenoxy) is 1. The minimum absolute atomic E-state index is 0.152. The third kappa shape index (κ3) is 5.05. The maximum Gasteiger partial charge on any atom is 0.321 e. The van der Waals surface area contributed by atoms with Gasteiger partial charge in [0.1, 0.15) is 5.75 Å². The van der Waals surface area contributed by atoms with Gasteiger partial charge in [0.25, 0.3) is 5.91 Å². The van der Waals surface area contributed by atoms with Crippen LogP contribution >= 0.6 is 0 Å². The number of hydrogen-bond donors (Lipinski definition) is 2. The fraction of sp³-hybridized carbons (Fsp3) is 0.444. The number of carbonyl (C=O) groups is 2. The largest absolute Gasteiger partial charge is 0.484 e. The average Bonchev–Trinajstić information content (AvgIpc) is 3.07. The Morgan fingerprint density at radius 2 is 1.92 bits per heavy atom. The molecule has 2 N–H and O–H groups in total. The van der Waals surface area contributed by atoms with E-state index in [4.69, 9.17) is 9.26 Å². The van der Waals surface area contributed by atoms with Gasteiger partial charge < -0.3 is 14.6 Å². The van der Waals surface area contributed by atoms with Gasteiger partial charge in [-0.05, 0) is 37.1 Å². The highest BCUT2D eigenvalue weighted by Crippen LogP contribution is 2.20. The Labute approximate surface area is 151 Å². The number of rotatable bonds is 5. The maximum absolute atomic E-state index is 11.8. The monoisotopic (exact) mass is 358 g/mol. The summed E-state index contributed by atoms with van der Waals surface area (Å²) in [5, 5.41) is 8.95. The second-order valence-corrected chi connectivity index (χ2v) is 6.31. The molecule has 0 atom stereocenters. The molecule has 8 nitrogen and oxygen atoms in total. The van der Waals surface area contributed by atoms with Crippen LogP contribution in [0.4, 0.5) is 4.79 Å². The van der Waals surface area contributed by atoms with Gasteiger partial charge in [-0.15, -0.1) is 0 Å². The second kappa shape index (κ2) is 8.46. The van der Waals surface area contributed by atoms with Crippen LogP contribution in [-0.2, 0) is 4.79 Å². The van der Waals surface area contributed by atoms with Crippen molar-refractivity contribution >= 4 is 11.9 Å². The van der Waals surface area contributed by atoms with Gasteiger partial charge in [-0.2, -0.15) is 4.98 Å². The van der Waals surface area contributed by atoms with Crippen LogP contribution in [0.5, 0.6) is 5.75 Å². The van der Waals surface area contributed by atoms with E-state index in [1.165, 1.54) is 6.42 Å². The first kappa shape index (κ1) is 17.9. The van der Waals surface area contributed by atoms with Gasteiger partial charge in [0.15, 0.2) is 6.61 Å². The molecule has 1 aromatic carbocycles. The zero-order chi connectivity index (χ0) is 18.4. The molecule has 3 rings (SSSR count). The summed E-state index contributed by atoms with van der Waals surface area (Å²) in [5.41, 5.74) is 0.783. The number of urea groups is 1. The smallest absolute Gasteiger partial charge is 0.321 e. The summed E-state index contributed by atoms with van der Waals surface area (Å²) in [6.45, 7) is 1.48. The minimum Gasteiger partial charge on any atom is -0.484 e. The summed E-state index contributed by atoms with van der Waals surface area (Å²) < 4.78 is 10.3. The van der Waals surface area contributed by atoms with E-state index in [-0.39, 0.29) is 12.6 Å². The average molecular weight is 358 g/mol. The van der Waals surface area contributed by atoms with E-state index in [9.17, 15) is 9.59 Å². The summed E-state index contributed by atoms with van der Waals surface area (Å²) in [5.74, 6) is 1.00. The van der Waals surface area contributed by atoms with E-state index >= 15 is 0 Å². The van der Waals surface area contributed by atoms with Gasteiger partial charge in [0.05, 0.1) is 0 Å². The van der Waals surface area contributed by atoms with Crippen molar-refractivity contribution in [2.75, 3.05) is 6.61 Å². The summed E-state index contributed by atoms with van der Waals surface area (Å²) in [6.07, 6.45) is 5.36. The zero-order valence-electron chi connectivity index (χ0n) is 14.7. The van der Waals surface area contributed by atoms with Gasteiger partial charge in [0, 0.05) is 18.5 Å². The predicted octanol–water partition coefficient (Wildman–Crippen LogP) is 2.58. The topological polar surface area (TPSA) is 106 Å². The van der Waals surface area contributed by atoms with Crippen LogP contribution in [0.25, 0.3) is 11.4 Å². The molecule has 0 bridgehead atoms. The zero-order valence-corrected chi connectivity index (χ0v) is 14.7. The fourth-order valence-corrected chi connectivity index (χ4v) is 2.90. The van der Waals surface area contributed by atoms with Gasteiger partial charge >= 0.3 is 6.03 Å². The molecule has 26 heavy (non-hydrogen) atoms. The normalized spacial score (nSPS) is 14.7. The molecule has 0 unspecified atom stereocenters. The lowest BCUT2D eigenvalue weighted by atomic mass is 9.96. The summed E-state index contributed by atoms with van der Waals surface area (Å²) in [7, 11) is 0. The summed E-state index contributed by atoms with van der Waals surface area (Å²) >= 11 is 0. The van der Waals surface area contributed by atoms with E-state index in [1.54, 1.807) is 31.2 Å². The van der Waals surface area contributed by atoms with E-state index < -0.39 is 11.9 Å². The molecular weight excluding hydrogens is 336 g/mol. The number of amides is 3. The number of benzene rings is 1. The molecule has 1 aliphatic rings. The number of nitrogens with one attached hydrogen (secondary N) is 2. The van der Waals surface area contributed by atoms with Crippen LogP contribution < -0.4 is 15.4 Å². The Bertz CT molecular complexity index is 751. The SMILES string of the molecule is Cc1nc(-c2ccc(OCC(=O)NC(=O)NC3CCCCC3)cc2)no1. The number of imide groups is 1. The van der Waals surface area contributed by atoms with Crippen molar-refractivity contribution in [2.24, 2.45) is 0 Å². The van der Waals surface area contributed by atoms with E-state index in [0.717, 1.165) is 31.2 Å². The molecule has 0 saturated heterocycles. The van der Waals surface area contributed by atoms with E-state index in [2.05, 4.69) is 20.8 Å². The first-order valence-electron chi connectivity index (χ1n) is 8.74. The summed E-state index contributed by atoms with van der Waals surface area (Å²) in [6, 6.07) is 6.64. The molecule has 0 spiro atoms. The first-order chi connectivity index (χ1) is 12.6. The van der Waals surface area contributed by atoms with Gasteiger partial charge in [0.2, 0.25) is 11.7 Å². The van der Waals surface area contributed by atoms with Gasteiger partial charge in [-0.25, -0.2) is 4.79 Å². The molecule has 1 aromatic heterocycles. The second-order valence-electron chi connectivity index (χ2n) is 6.31. The summed E-state index contributed by atoms with van der Waals surface area (Å²) in [4.78, 5) is 27.8. The highest BCUT2D eigenvalue weighted by Gasteiger charge is 2.17. The minimum atomic E-state index is -0.490. The number of aryl methyl sites for hydroxylation is 1. The fourth-order valence-electron chi connectivity index (χ4n) is 2.90. The molecule has 0 aliphatic heterocycles. The maximum atomic E-state index is 11.8. The van der Waals surface area contributed by atoms with Crippen molar-refractivity contribution < 1.29 is 18.8 Å². The van der Waals surface area contributed by atoms with Crippen LogP contribution in [0, 0.1) is 6.92 Å². The van der Waals surface area contributed by atoms with Crippen LogP contribution in [0.3, 0.4) is 0 Å². The Balaban J connectivity index is 1.43. The third-order valence-corrected chi connectivity index (χ3v) is 4.20. The van der Waals surface area contributed by atoms with Gasteiger partial charge in [-0.3, -0.25) is 10.1 Å². The van der Waals surface area contributed by atoms with Crippen molar-refractivity contribution in [1.29, 1.82) is 0 Å². The van der Waals surface area contributed by atoms with Gasteiger partial charge in [-0.1, -0.05) is 24.4 Å². The van der Waals surface area contributed by atoms with E-state index in [0.29, 0.717) is 17.5 Å². The lowest BCUT2D eigenvalue weighted by Gasteiger charge is -2.22. The lowest BCUT2D eigenvalue weighted by Crippen LogP contribution is -2.46. The molecule has 1 saturated carbocycles. The molecule has 2 aromatic rings. The van der Waals surface area contributed by atoms with E-state index in [1.807, 2.05) is 0 Å². The quantitative estimate of drug-likeness (QED) is 0.851. The number of nitrogens with zero attached hydrogens (tertiary/aromatic N) is 2. The van der Waals surface area contributed by atoms with Crippen molar-refractivity contribution in [3.05, 3.63) is 30.2 Å². The highest BCUT2D eigenvalue weighted by atomic mass is 16.5. The van der Waals surface area contributed by atoms with Crippen LogP contribution in [-0.4, -0.2) is 34.7 Å². The highest BCUT2D eigenvalue weighted by molar-refractivity contribution is 5.95. The molecule has 1 heterocycles. The van der Waals surface area contributed by atoms with Crippen molar-refractivity contribution in [2.45, 2.75) is 45.1 Å². The Morgan fingerprint density at radius 3 is 2.58 bits per heavy atom. The first-order valence-corrected chi connectivity index (χ1v) is 8.74. The molecule has 3 amide bonds. The number of carbonyl (C=O) groups excluding carboxylic acids is 2. The molecular formula is C18H22N4O4. The Morgan fingerprint density at radius 1 is 1.19 bits per heavy atom. The van der Waals surface area contributed by atoms with Crippen LogP contribution in [0.2, 0.25) is 0 Å². The molecule has 0 radical (unpaired) electrons. The lowest BCUT2D eigenvalue weighted by molar-refractivity contribution is -0.122. The molecule has 138 valence electrons. The predicted molar refractivity (Wildman–Crippen MR) is 93.5 cm³/mol.